The molecule has 0 bridgehead atoms. The Bertz CT molecular complexity index is 855. The minimum atomic E-state index is -0.328. The number of carbonyl (C=O) groups excluding carboxylic acids is 1. The van der Waals surface area contributed by atoms with E-state index in [1.54, 1.807) is 12.1 Å². The maximum atomic E-state index is 12.5. The number of hydrazine groups is 1. The molecule has 7 nitrogen and oxygen atoms in total. The fourth-order valence-electron chi connectivity index (χ4n) is 4.07. The number of benzene rings is 2. The van der Waals surface area contributed by atoms with Crippen molar-refractivity contribution in [3.8, 4) is 17.2 Å². The van der Waals surface area contributed by atoms with Crippen LogP contribution in [0.25, 0.3) is 0 Å². The van der Waals surface area contributed by atoms with Gasteiger partial charge in [0.1, 0.15) is 11.8 Å². The Kier molecular flexibility index (Phi) is 5.11. The monoisotopic (exact) mass is 383 g/mol. The van der Waals surface area contributed by atoms with E-state index in [4.69, 9.17) is 9.47 Å². The number of amides is 1. The fourth-order valence-corrected chi connectivity index (χ4v) is 4.07. The van der Waals surface area contributed by atoms with Crippen molar-refractivity contribution in [2.45, 2.75) is 32.0 Å². The van der Waals surface area contributed by atoms with E-state index in [1.807, 2.05) is 44.2 Å². The fraction of sp³-hybridized carbons (Fsp3) is 0.381. The molecule has 0 saturated carbocycles. The van der Waals surface area contributed by atoms with Gasteiger partial charge in [0.2, 0.25) is 5.91 Å². The Labute approximate surface area is 164 Å². The molecule has 1 amide bonds. The Balaban J connectivity index is 1.64. The Morgan fingerprint density at radius 1 is 0.893 bits per heavy atom. The standard InChI is InChI=1S/C21H25N3O4/c1-3-27-14-8-5-12(6-9-14)19-17-18(22-21(26)20(17)24-23-19)13-7-10-15(25)16(11-13)28-4-2/h5-11,17-20,23-25H,3-4H2,1-2H3,(H,22,26). The van der Waals surface area contributed by atoms with Crippen LogP contribution in [0.1, 0.15) is 37.1 Å². The maximum absolute atomic E-state index is 12.5. The molecule has 28 heavy (non-hydrogen) atoms. The minimum Gasteiger partial charge on any atom is -0.504 e. The summed E-state index contributed by atoms with van der Waals surface area (Å²) in [5.74, 6) is 1.28. The molecule has 2 aliphatic heterocycles. The van der Waals surface area contributed by atoms with Crippen molar-refractivity contribution in [2.75, 3.05) is 13.2 Å². The molecule has 0 aromatic heterocycles. The molecule has 148 valence electrons. The first-order chi connectivity index (χ1) is 13.6. The smallest absolute Gasteiger partial charge is 0.239 e. The lowest BCUT2D eigenvalue weighted by molar-refractivity contribution is -0.121. The van der Waals surface area contributed by atoms with Gasteiger partial charge in [0, 0.05) is 5.92 Å². The molecular weight excluding hydrogens is 358 g/mol. The van der Waals surface area contributed by atoms with Gasteiger partial charge in [-0.3, -0.25) is 4.79 Å². The zero-order valence-corrected chi connectivity index (χ0v) is 15.9. The second-order valence-corrected chi connectivity index (χ2v) is 6.97. The first kappa shape index (κ1) is 18.6. The van der Waals surface area contributed by atoms with Gasteiger partial charge in [0.15, 0.2) is 11.5 Å². The van der Waals surface area contributed by atoms with Crippen LogP contribution in [-0.2, 0) is 4.79 Å². The number of hydrogen-bond donors (Lipinski definition) is 4. The van der Waals surface area contributed by atoms with Gasteiger partial charge in [0.05, 0.1) is 25.3 Å². The van der Waals surface area contributed by atoms with Gasteiger partial charge in [-0.15, -0.1) is 0 Å². The zero-order valence-electron chi connectivity index (χ0n) is 15.9. The highest BCUT2D eigenvalue weighted by molar-refractivity contribution is 5.86. The molecule has 0 spiro atoms. The van der Waals surface area contributed by atoms with Gasteiger partial charge in [-0.1, -0.05) is 18.2 Å². The summed E-state index contributed by atoms with van der Waals surface area (Å²) in [6.07, 6.45) is 0. The van der Waals surface area contributed by atoms with Crippen LogP contribution >= 0.6 is 0 Å². The van der Waals surface area contributed by atoms with E-state index in [2.05, 4.69) is 16.2 Å². The van der Waals surface area contributed by atoms with E-state index in [0.717, 1.165) is 16.9 Å². The van der Waals surface area contributed by atoms with E-state index < -0.39 is 0 Å². The van der Waals surface area contributed by atoms with E-state index in [0.29, 0.717) is 19.0 Å². The quantitative estimate of drug-likeness (QED) is 0.611. The molecule has 2 heterocycles. The second kappa shape index (κ2) is 7.69. The van der Waals surface area contributed by atoms with Crippen LogP contribution in [0.3, 0.4) is 0 Å². The average molecular weight is 383 g/mol. The topological polar surface area (TPSA) is 91.9 Å². The summed E-state index contributed by atoms with van der Waals surface area (Å²) in [7, 11) is 0. The molecule has 2 aliphatic rings. The largest absolute Gasteiger partial charge is 0.504 e. The number of rotatable bonds is 6. The molecule has 2 fully saturated rings. The normalized spacial score (nSPS) is 26.0. The van der Waals surface area contributed by atoms with Crippen molar-refractivity contribution in [2.24, 2.45) is 5.92 Å². The third-order valence-corrected chi connectivity index (χ3v) is 5.32. The predicted molar refractivity (Wildman–Crippen MR) is 104 cm³/mol. The molecule has 2 aromatic carbocycles. The number of phenols is 1. The number of nitrogens with one attached hydrogen (secondary N) is 3. The minimum absolute atomic E-state index is 0.0236. The SMILES string of the molecule is CCOc1ccc(C2NNC3C(=O)NC(c4ccc(O)c(OCC)c4)C32)cc1. The van der Waals surface area contributed by atoms with Crippen LogP contribution in [0.2, 0.25) is 0 Å². The van der Waals surface area contributed by atoms with Crippen molar-refractivity contribution in [3.63, 3.8) is 0 Å². The Hall–Kier alpha value is -2.77. The van der Waals surface area contributed by atoms with Gasteiger partial charge in [-0.25, -0.2) is 10.9 Å². The second-order valence-electron chi connectivity index (χ2n) is 6.97. The van der Waals surface area contributed by atoms with Crippen molar-refractivity contribution in [1.29, 1.82) is 0 Å². The summed E-state index contributed by atoms with van der Waals surface area (Å²) in [6.45, 7) is 4.90. The number of phenolic OH excluding ortho intramolecular Hbond substituents is 1. The first-order valence-corrected chi connectivity index (χ1v) is 9.62. The molecule has 4 unspecified atom stereocenters. The Morgan fingerprint density at radius 2 is 1.57 bits per heavy atom. The number of hydrogen-bond acceptors (Lipinski definition) is 6. The van der Waals surface area contributed by atoms with Crippen molar-refractivity contribution < 1.29 is 19.4 Å². The molecule has 4 rings (SSSR count). The summed E-state index contributed by atoms with van der Waals surface area (Å²) in [6, 6.07) is 12.6. The van der Waals surface area contributed by atoms with Crippen LogP contribution in [0.4, 0.5) is 0 Å². The van der Waals surface area contributed by atoms with Crippen LogP contribution in [0.5, 0.6) is 17.2 Å². The van der Waals surface area contributed by atoms with Gasteiger partial charge in [-0.05, 0) is 49.2 Å². The van der Waals surface area contributed by atoms with E-state index in [1.165, 1.54) is 0 Å². The lowest BCUT2D eigenvalue weighted by atomic mass is 9.83. The number of ether oxygens (including phenoxy) is 2. The number of carbonyl (C=O) groups is 1. The van der Waals surface area contributed by atoms with Crippen LogP contribution < -0.4 is 25.6 Å². The summed E-state index contributed by atoms with van der Waals surface area (Å²) in [5.41, 5.74) is 8.39. The van der Waals surface area contributed by atoms with Crippen LogP contribution in [-0.4, -0.2) is 30.3 Å². The summed E-state index contributed by atoms with van der Waals surface area (Å²) < 4.78 is 11.0. The molecule has 0 aliphatic carbocycles. The van der Waals surface area contributed by atoms with Gasteiger partial charge >= 0.3 is 0 Å². The third kappa shape index (κ3) is 3.27. The highest BCUT2D eigenvalue weighted by atomic mass is 16.5. The van der Waals surface area contributed by atoms with Gasteiger partial charge in [-0.2, -0.15) is 0 Å². The summed E-state index contributed by atoms with van der Waals surface area (Å²) in [5, 5.41) is 13.1. The zero-order chi connectivity index (χ0) is 19.7. The highest BCUT2D eigenvalue weighted by Gasteiger charge is 2.51. The lowest BCUT2D eigenvalue weighted by Gasteiger charge is -2.25. The van der Waals surface area contributed by atoms with E-state index in [-0.39, 0.29) is 35.7 Å². The average Bonchev–Trinajstić information content (AvgIpc) is 3.26. The first-order valence-electron chi connectivity index (χ1n) is 9.62. The maximum Gasteiger partial charge on any atom is 0.239 e. The molecule has 2 aromatic rings. The van der Waals surface area contributed by atoms with Crippen molar-refractivity contribution >= 4 is 5.91 Å². The lowest BCUT2D eigenvalue weighted by Crippen LogP contribution is -2.39. The van der Waals surface area contributed by atoms with Gasteiger partial charge in [0.25, 0.3) is 0 Å². The van der Waals surface area contributed by atoms with Crippen LogP contribution in [0, 0.1) is 5.92 Å². The van der Waals surface area contributed by atoms with Gasteiger partial charge < -0.3 is 19.9 Å². The number of fused-ring (bicyclic) bond motifs is 1. The van der Waals surface area contributed by atoms with Crippen molar-refractivity contribution in [1.82, 2.24) is 16.2 Å². The number of aromatic hydroxyl groups is 1. The molecule has 4 N–H and O–H groups in total. The van der Waals surface area contributed by atoms with Crippen molar-refractivity contribution in [3.05, 3.63) is 53.6 Å². The van der Waals surface area contributed by atoms with E-state index >= 15 is 0 Å². The molecule has 7 heteroatoms. The summed E-state index contributed by atoms with van der Waals surface area (Å²) in [4.78, 5) is 12.5. The molecular formula is C21H25N3O4. The highest BCUT2D eigenvalue weighted by Crippen LogP contribution is 2.43. The summed E-state index contributed by atoms with van der Waals surface area (Å²) >= 11 is 0. The molecule has 0 radical (unpaired) electrons. The molecule has 4 atom stereocenters. The van der Waals surface area contributed by atoms with Crippen LogP contribution in [0.15, 0.2) is 42.5 Å². The molecule has 2 saturated heterocycles. The Morgan fingerprint density at radius 3 is 2.29 bits per heavy atom. The predicted octanol–water partition coefficient (Wildman–Crippen LogP) is 2.19. The van der Waals surface area contributed by atoms with E-state index in [9.17, 15) is 9.90 Å². The third-order valence-electron chi connectivity index (χ3n) is 5.32.